The highest BCUT2D eigenvalue weighted by Crippen LogP contribution is 2.16. The summed E-state index contributed by atoms with van der Waals surface area (Å²) in [6.45, 7) is 2.33. The van der Waals surface area contributed by atoms with Crippen molar-refractivity contribution in [1.29, 1.82) is 5.26 Å². The Kier molecular flexibility index (Phi) is 5.63. The van der Waals surface area contributed by atoms with Crippen LogP contribution in [0.15, 0.2) is 42.5 Å². The molecule has 2 amide bonds. The van der Waals surface area contributed by atoms with Crippen LogP contribution in [0, 0.1) is 17.1 Å². The summed E-state index contributed by atoms with van der Waals surface area (Å²) < 4.78 is 14.0. The van der Waals surface area contributed by atoms with Gasteiger partial charge in [-0.2, -0.15) is 5.26 Å². The highest BCUT2D eigenvalue weighted by molar-refractivity contribution is 5.94. The number of carbonyl (C=O) groups excluding carboxylic acids is 2. The maximum absolute atomic E-state index is 14.0. The minimum atomic E-state index is -0.508. The van der Waals surface area contributed by atoms with Crippen LogP contribution in [0.5, 0.6) is 0 Å². The predicted octanol–water partition coefficient (Wildman–Crippen LogP) is 2.93. The van der Waals surface area contributed by atoms with Crippen LogP contribution in [0.4, 0.5) is 10.1 Å². The normalized spacial score (nSPS) is 9.88. The summed E-state index contributed by atoms with van der Waals surface area (Å²) in [5, 5.41) is 11.3. The Morgan fingerprint density at radius 2 is 2.00 bits per heavy atom. The highest BCUT2D eigenvalue weighted by Gasteiger charge is 2.16. The highest BCUT2D eigenvalue weighted by atomic mass is 19.1. The molecule has 0 saturated carbocycles. The molecule has 0 unspecified atom stereocenters. The smallest absolute Gasteiger partial charge is 0.254 e. The third-order valence-corrected chi connectivity index (χ3v) is 3.57. The van der Waals surface area contributed by atoms with E-state index in [2.05, 4.69) is 5.32 Å². The maximum atomic E-state index is 14.0. The SMILES string of the molecule is CCN(Cc1ccc(C#N)cc1F)C(=O)c1ccc(NC=O)cc1. The molecule has 0 heterocycles. The zero-order chi connectivity index (χ0) is 17.5. The molecule has 0 fully saturated rings. The van der Waals surface area contributed by atoms with E-state index in [4.69, 9.17) is 5.26 Å². The monoisotopic (exact) mass is 325 g/mol. The number of nitrogens with one attached hydrogen (secondary N) is 1. The number of hydrogen-bond donors (Lipinski definition) is 1. The van der Waals surface area contributed by atoms with Gasteiger partial charge in [0.2, 0.25) is 6.41 Å². The molecule has 0 aliphatic rings. The number of anilines is 1. The predicted molar refractivity (Wildman–Crippen MR) is 87.7 cm³/mol. The molecule has 2 aromatic rings. The van der Waals surface area contributed by atoms with Gasteiger partial charge in [-0.15, -0.1) is 0 Å². The van der Waals surface area contributed by atoms with Crippen LogP contribution in [0.2, 0.25) is 0 Å². The number of carbonyl (C=O) groups is 2. The van der Waals surface area contributed by atoms with Crippen molar-refractivity contribution >= 4 is 18.0 Å². The summed E-state index contributed by atoms with van der Waals surface area (Å²) in [6, 6.07) is 12.5. The molecule has 0 radical (unpaired) electrons. The molecular weight excluding hydrogens is 309 g/mol. The lowest BCUT2D eigenvalue weighted by atomic mass is 10.1. The molecule has 0 aliphatic carbocycles. The van der Waals surface area contributed by atoms with Crippen LogP contribution in [-0.4, -0.2) is 23.8 Å². The van der Waals surface area contributed by atoms with E-state index in [9.17, 15) is 14.0 Å². The van der Waals surface area contributed by atoms with Crippen LogP contribution in [0.1, 0.15) is 28.4 Å². The van der Waals surface area contributed by atoms with Gasteiger partial charge in [0.25, 0.3) is 5.91 Å². The van der Waals surface area contributed by atoms with E-state index in [-0.39, 0.29) is 18.0 Å². The standard InChI is InChI=1S/C18H16FN3O2/c1-2-22(11-15-4-3-13(10-20)9-17(15)19)18(24)14-5-7-16(8-6-14)21-12-23/h3-9,12H,2,11H2,1H3,(H,21,23). The first-order valence-corrected chi connectivity index (χ1v) is 7.37. The van der Waals surface area contributed by atoms with Crippen molar-refractivity contribution in [3.05, 3.63) is 65.0 Å². The van der Waals surface area contributed by atoms with Gasteiger partial charge in [0.1, 0.15) is 5.82 Å². The van der Waals surface area contributed by atoms with Gasteiger partial charge in [-0.05, 0) is 43.3 Å². The van der Waals surface area contributed by atoms with Crippen molar-refractivity contribution in [2.75, 3.05) is 11.9 Å². The van der Waals surface area contributed by atoms with Crippen molar-refractivity contribution in [3.8, 4) is 6.07 Å². The lowest BCUT2D eigenvalue weighted by Gasteiger charge is -2.21. The number of halogens is 1. The van der Waals surface area contributed by atoms with E-state index < -0.39 is 5.82 Å². The molecule has 24 heavy (non-hydrogen) atoms. The summed E-state index contributed by atoms with van der Waals surface area (Å²) in [7, 11) is 0. The maximum Gasteiger partial charge on any atom is 0.254 e. The fourth-order valence-corrected chi connectivity index (χ4v) is 2.24. The summed E-state index contributed by atoms with van der Waals surface area (Å²) in [4.78, 5) is 24.4. The fraction of sp³-hybridized carbons (Fsp3) is 0.167. The molecule has 5 nitrogen and oxygen atoms in total. The molecule has 2 aromatic carbocycles. The molecule has 0 aromatic heterocycles. The summed E-state index contributed by atoms with van der Waals surface area (Å²) in [5.74, 6) is -0.746. The second kappa shape index (κ2) is 7.88. The first kappa shape index (κ1) is 17.2. The van der Waals surface area contributed by atoms with Crippen molar-refractivity contribution in [2.45, 2.75) is 13.5 Å². The average Bonchev–Trinajstić information content (AvgIpc) is 2.61. The van der Waals surface area contributed by atoms with Crippen LogP contribution in [0.3, 0.4) is 0 Å². The Bertz CT molecular complexity index is 782. The topological polar surface area (TPSA) is 73.2 Å². The molecule has 0 spiro atoms. The van der Waals surface area contributed by atoms with E-state index in [1.807, 2.05) is 13.0 Å². The quantitative estimate of drug-likeness (QED) is 0.830. The van der Waals surface area contributed by atoms with E-state index in [0.717, 1.165) is 6.07 Å². The van der Waals surface area contributed by atoms with Crippen LogP contribution in [0.25, 0.3) is 0 Å². The number of hydrogen-bond acceptors (Lipinski definition) is 3. The van der Waals surface area contributed by atoms with Crippen LogP contribution < -0.4 is 5.32 Å². The molecule has 6 heteroatoms. The van der Waals surface area contributed by atoms with E-state index in [0.29, 0.717) is 29.8 Å². The molecule has 0 saturated heterocycles. The largest absolute Gasteiger partial charge is 0.334 e. The first-order valence-electron chi connectivity index (χ1n) is 7.37. The van der Waals surface area contributed by atoms with Gasteiger partial charge in [-0.25, -0.2) is 4.39 Å². The van der Waals surface area contributed by atoms with E-state index in [1.54, 1.807) is 24.3 Å². The third-order valence-electron chi connectivity index (χ3n) is 3.57. The molecule has 1 N–H and O–H groups in total. The van der Waals surface area contributed by atoms with Crippen LogP contribution >= 0.6 is 0 Å². The van der Waals surface area contributed by atoms with Gasteiger partial charge in [0.15, 0.2) is 0 Å². The van der Waals surface area contributed by atoms with Gasteiger partial charge >= 0.3 is 0 Å². The Labute approximate surface area is 139 Å². The first-order chi connectivity index (χ1) is 11.6. The zero-order valence-corrected chi connectivity index (χ0v) is 13.1. The fourth-order valence-electron chi connectivity index (χ4n) is 2.24. The van der Waals surface area contributed by atoms with Crippen molar-refractivity contribution in [3.63, 3.8) is 0 Å². The lowest BCUT2D eigenvalue weighted by Crippen LogP contribution is -2.30. The molecule has 0 atom stereocenters. The Morgan fingerprint density at radius 3 is 2.54 bits per heavy atom. The van der Waals surface area contributed by atoms with Crippen molar-refractivity contribution in [1.82, 2.24) is 4.90 Å². The molecule has 0 bridgehead atoms. The summed E-state index contributed by atoms with van der Waals surface area (Å²) in [5.41, 5.74) is 1.62. The minimum Gasteiger partial charge on any atom is -0.334 e. The molecule has 0 aliphatic heterocycles. The number of amides is 2. The number of benzene rings is 2. The van der Waals surface area contributed by atoms with Crippen LogP contribution in [-0.2, 0) is 11.3 Å². The Morgan fingerprint density at radius 1 is 1.29 bits per heavy atom. The number of nitrogens with zero attached hydrogens (tertiary/aromatic N) is 2. The van der Waals surface area contributed by atoms with Gasteiger partial charge in [0.05, 0.1) is 11.6 Å². The number of rotatable bonds is 6. The summed E-state index contributed by atoms with van der Waals surface area (Å²) in [6.07, 6.45) is 0.558. The second-order valence-electron chi connectivity index (χ2n) is 5.08. The van der Waals surface area contributed by atoms with Gasteiger partial charge in [-0.3, -0.25) is 9.59 Å². The van der Waals surface area contributed by atoms with Gasteiger partial charge in [0, 0.05) is 29.9 Å². The van der Waals surface area contributed by atoms with Gasteiger partial charge in [-0.1, -0.05) is 6.07 Å². The molecule has 2 rings (SSSR count). The Hall–Kier alpha value is -3.20. The lowest BCUT2D eigenvalue weighted by molar-refractivity contribution is -0.105. The van der Waals surface area contributed by atoms with Crippen molar-refractivity contribution in [2.24, 2.45) is 0 Å². The zero-order valence-electron chi connectivity index (χ0n) is 13.1. The third kappa shape index (κ3) is 3.96. The Balaban J connectivity index is 2.17. The molecular formula is C18H16FN3O2. The van der Waals surface area contributed by atoms with E-state index >= 15 is 0 Å². The van der Waals surface area contributed by atoms with Crippen molar-refractivity contribution < 1.29 is 14.0 Å². The van der Waals surface area contributed by atoms with E-state index in [1.165, 1.54) is 17.0 Å². The molecule has 122 valence electrons. The average molecular weight is 325 g/mol. The van der Waals surface area contributed by atoms with Gasteiger partial charge < -0.3 is 10.2 Å². The number of nitriles is 1. The summed E-state index contributed by atoms with van der Waals surface area (Å²) >= 11 is 0. The minimum absolute atomic E-state index is 0.112. The second-order valence-corrected chi connectivity index (χ2v) is 5.08.